The zero-order valence-electron chi connectivity index (χ0n) is 17.4. The molecule has 2 aliphatic rings. The van der Waals surface area contributed by atoms with Gasteiger partial charge in [-0.1, -0.05) is 0 Å². The highest BCUT2D eigenvalue weighted by atomic mass is 19.4. The fourth-order valence-corrected chi connectivity index (χ4v) is 4.40. The van der Waals surface area contributed by atoms with Gasteiger partial charge in [-0.3, -0.25) is 0 Å². The molecule has 3 atom stereocenters. The Balaban J connectivity index is 1.56. The fourth-order valence-electron chi connectivity index (χ4n) is 4.40. The molecule has 4 rings (SSSR count). The van der Waals surface area contributed by atoms with E-state index in [1.54, 1.807) is 13.8 Å². The Hall–Kier alpha value is -3.05. The molecule has 0 unspecified atom stereocenters. The minimum atomic E-state index is -4.64. The predicted molar refractivity (Wildman–Crippen MR) is 105 cm³/mol. The molecule has 2 aromatic rings. The van der Waals surface area contributed by atoms with Crippen LogP contribution in [-0.2, 0) is 6.18 Å². The van der Waals surface area contributed by atoms with Crippen LogP contribution in [0.4, 0.5) is 28.3 Å². The number of aromatic nitrogens is 3. The largest absolute Gasteiger partial charge is 0.465 e. The van der Waals surface area contributed by atoms with Gasteiger partial charge in [0.15, 0.2) is 11.6 Å². The van der Waals surface area contributed by atoms with Gasteiger partial charge in [-0.05, 0) is 56.7 Å². The normalized spacial score (nSPS) is 23.0. The van der Waals surface area contributed by atoms with Gasteiger partial charge >= 0.3 is 18.3 Å². The molecule has 1 aliphatic carbocycles. The number of nitrogens with zero attached hydrogens (tertiary/aromatic N) is 4. The third kappa shape index (κ3) is 4.30. The zero-order valence-corrected chi connectivity index (χ0v) is 17.4. The van der Waals surface area contributed by atoms with Crippen molar-refractivity contribution < 1.29 is 32.2 Å². The van der Waals surface area contributed by atoms with Crippen LogP contribution in [0.3, 0.4) is 0 Å². The van der Waals surface area contributed by atoms with E-state index in [4.69, 9.17) is 4.74 Å². The Morgan fingerprint density at radius 2 is 1.91 bits per heavy atom. The van der Waals surface area contributed by atoms with Crippen LogP contribution < -0.4 is 10.1 Å². The number of hydrogen-bond acceptors (Lipinski definition) is 5. The van der Waals surface area contributed by atoms with Gasteiger partial charge in [0.2, 0.25) is 5.95 Å². The molecule has 1 amide bonds. The molecule has 2 fully saturated rings. The van der Waals surface area contributed by atoms with Crippen LogP contribution in [0.2, 0.25) is 0 Å². The van der Waals surface area contributed by atoms with Crippen LogP contribution in [0.25, 0.3) is 0 Å². The van der Waals surface area contributed by atoms with Gasteiger partial charge in [0.25, 0.3) is 0 Å². The van der Waals surface area contributed by atoms with Gasteiger partial charge in [-0.2, -0.15) is 18.2 Å². The molecule has 174 valence electrons. The lowest BCUT2D eigenvalue weighted by molar-refractivity contribution is -0.137. The molecule has 0 radical (unpaired) electrons. The Morgan fingerprint density at radius 1 is 1.25 bits per heavy atom. The van der Waals surface area contributed by atoms with E-state index in [0.29, 0.717) is 31.3 Å². The lowest BCUT2D eigenvalue weighted by Crippen LogP contribution is -2.49. The van der Waals surface area contributed by atoms with E-state index in [9.17, 15) is 27.5 Å². The highest BCUT2D eigenvalue weighted by Gasteiger charge is 2.44. The van der Waals surface area contributed by atoms with Gasteiger partial charge in [0, 0.05) is 19.1 Å². The highest BCUT2D eigenvalue weighted by molar-refractivity contribution is 5.65. The number of rotatable bonds is 5. The van der Waals surface area contributed by atoms with E-state index >= 15 is 0 Å². The van der Waals surface area contributed by atoms with E-state index in [1.807, 2.05) is 0 Å². The van der Waals surface area contributed by atoms with Crippen molar-refractivity contribution in [3.8, 4) is 11.8 Å². The third-order valence-corrected chi connectivity index (χ3v) is 5.95. The summed E-state index contributed by atoms with van der Waals surface area (Å²) < 4.78 is 59.9. The van der Waals surface area contributed by atoms with Crippen molar-refractivity contribution in [1.82, 2.24) is 19.7 Å². The maximum absolute atomic E-state index is 14.2. The lowest BCUT2D eigenvalue weighted by Gasteiger charge is -2.36. The molecule has 1 aliphatic heterocycles. The molecule has 1 aromatic heterocycles. The lowest BCUT2D eigenvalue weighted by atomic mass is 9.92. The van der Waals surface area contributed by atoms with Crippen molar-refractivity contribution in [2.24, 2.45) is 11.8 Å². The molecule has 1 saturated carbocycles. The zero-order chi connectivity index (χ0) is 23.2. The number of carbonyl (C=O) groups is 1. The van der Waals surface area contributed by atoms with E-state index < -0.39 is 29.4 Å². The number of halogens is 4. The first-order valence-electron chi connectivity index (χ1n) is 10.3. The van der Waals surface area contributed by atoms with Crippen LogP contribution in [0.5, 0.6) is 11.8 Å². The Bertz CT molecular complexity index is 996. The third-order valence-electron chi connectivity index (χ3n) is 5.95. The van der Waals surface area contributed by atoms with Crippen molar-refractivity contribution >= 4 is 12.0 Å². The molecule has 2 heterocycles. The van der Waals surface area contributed by atoms with Crippen molar-refractivity contribution in [2.75, 3.05) is 18.4 Å². The van der Waals surface area contributed by atoms with E-state index in [-0.39, 0.29) is 35.9 Å². The molecule has 0 spiro atoms. The summed E-state index contributed by atoms with van der Waals surface area (Å²) in [5.41, 5.74) is -1.04. The number of amides is 1. The standard InChI is InChI=1S/C20H23F4N5O3/c1-10(2)29-18(32-15-7-13(20(22,23)24)5-6-14(15)21)26-17(27-29)25-16-11-3-4-12(16)9-28(8-11)19(30)31/h5-7,10-12,16H,3-4,8-9H2,1-2H3,(H,25,27)(H,30,31)/t11-,12+,16+. The van der Waals surface area contributed by atoms with Gasteiger partial charge in [0.1, 0.15) is 0 Å². The van der Waals surface area contributed by atoms with E-state index in [0.717, 1.165) is 12.8 Å². The van der Waals surface area contributed by atoms with Crippen LogP contribution in [0, 0.1) is 17.7 Å². The summed E-state index contributed by atoms with van der Waals surface area (Å²) in [5.74, 6) is -1.16. The maximum Gasteiger partial charge on any atom is 0.416 e. The fraction of sp³-hybridized carbons (Fsp3) is 0.550. The van der Waals surface area contributed by atoms with Crippen molar-refractivity contribution in [3.05, 3.63) is 29.6 Å². The maximum atomic E-state index is 14.2. The summed E-state index contributed by atoms with van der Waals surface area (Å²) in [6.07, 6.45) is -3.85. The predicted octanol–water partition coefficient (Wildman–Crippen LogP) is 4.61. The molecular formula is C20H23F4N5O3. The van der Waals surface area contributed by atoms with Gasteiger partial charge in [-0.15, -0.1) is 5.10 Å². The Morgan fingerprint density at radius 3 is 2.47 bits per heavy atom. The molecule has 32 heavy (non-hydrogen) atoms. The monoisotopic (exact) mass is 457 g/mol. The summed E-state index contributed by atoms with van der Waals surface area (Å²) in [5, 5.41) is 16.9. The van der Waals surface area contributed by atoms with E-state index in [2.05, 4.69) is 15.4 Å². The summed E-state index contributed by atoms with van der Waals surface area (Å²) in [4.78, 5) is 17.0. The summed E-state index contributed by atoms with van der Waals surface area (Å²) >= 11 is 0. The number of likely N-dealkylation sites (tertiary alicyclic amines) is 1. The van der Waals surface area contributed by atoms with Gasteiger partial charge in [0.05, 0.1) is 11.6 Å². The minimum Gasteiger partial charge on any atom is -0.465 e. The quantitative estimate of drug-likeness (QED) is 0.637. The van der Waals surface area contributed by atoms with Gasteiger partial charge < -0.3 is 20.1 Å². The summed E-state index contributed by atoms with van der Waals surface area (Å²) in [7, 11) is 0. The van der Waals surface area contributed by atoms with Crippen LogP contribution >= 0.6 is 0 Å². The van der Waals surface area contributed by atoms with Crippen LogP contribution in [0.1, 0.15) is 38.3 Å². The number of anilines is 1. The Kier molecular flexibility index (Phi) is 5.63. The molecule has 1 aromatic carbocycles. The number of ether oxygens (including phenoxy) is 1. The van der Waals surface area contributed by atoms with Crippen molar-refractivity contribution in [3.63, 3.8) is 0 Å². The SMILES string of the molecule is CC(C)n1nc(N[C@H]2[C@@H]3CC[C@H]2CN(C(=O)O)C3)nc1Oc1cc(C(F)(F)F)ccc1F. The second kappa shape index (κ2) is 8.14. The molecular weight excluding hydrogens is 434 g/mol. The van der Waals surface area contributed by atoms with Crippen molar-refractivity contribution in [1.29, 1.82) is 0 Å². The molecule has 12 heteroatoms. The number of alkyl halides is 3. The first kappa shape index (κ1) is 22.2. The second-order valence-corrected chi connectivity index (χ2v) is 8.46. The first-order valence-corrected chi connectivity index (χ1v) is 10.3. The van der Waals surface area contributed by atoms with Crippen molar-refractivity contribution in [2.45, 2.75) is 44.9 Å². The average molecular weight is 457 g/mol. The smallest absolute Gasteiger partial charge is 0.416 e. The number of piperidine rings is 1. The topological polar surface area (TPSA) is 92.5 Å². The van der Waals surface area contributed by atoms with Crippen LogP contribution in [-0.4, -0.2) is 50.0 Å². The number of hydrogen-bond donors (Lipinski definition) is 2. The first-order chi connectivity index (χ1) is 15.0. The minimum absolute atomic E-state index is 0.0354. The Labute approximate surface area is 181 Å². The number of fused-ring (bicyclic) bond motifs is 2. The molecule has 8 nitrogen and oxygen atoms in total. The molecule has 1 saturated heterocycles. The molecule has 2 bridgehead atoms. The number of nitrogens with one attached hydrogen (secondary N) is 1. The number of benzene rings is 1. The summed E-state index contributed by atoms with van der Waals surface area (Å²) in [6, 6.07) is 1.49. The van der Waals surface area contributed by atoms with E-state index in [1.165, 1.54) is 9.58 Å². The molecule has 2 N–H and O–H groups in total. The van der Waals surface area contributed by atoms with Gasteiger partial charge in [-0.25, -0.2) is 13.9 Å². The number of carboxylic acid groups (broad SMARTS) is 1. The average Bonchev–Trinajstić information content (AvgIpc) is 3.19. The highest BCUT2D eigenvalue weighted by Crippen LogP contribution is 2.39. The van der Waals surface area contributed by atoms with Crippen LogP contribution in [0.15, 0.2) is 18.2 Å². The second-order valence-electron chi connectivity index (χ2n) is 8.46. The summed E-state index contributed by atoms with van der Waals surface area (Å²) in [6.45, 7) is 4.38.